The van der Waals surface area contributed by atoms with Crippen LogP contribution in [0.1, 0.15) is 62.3 Å². The number of rotatable bonds is 3. The van der Waals surface area contributed by atoms with Gasteiger partial charge in [-0.3, -0.25) is 11.3 Å². The van der Waals surface area contributed by atoms with E-state index in [-0.39, 0.29) is 0 Å². The summed E-state index contributed by atoms with van der Waals surface area (Å²) in [4.78, 5) is 0. The van der Waals surface area contributed by atoms with Crippen LogP contribution in [0.5, 0.6) is 0 Å². The second kappa shape index (κ2) is 5.64. The van der Waals surface area contributed by atoms with Crippen molar-refractivity contribution in [3.63, 3.8) is 0 Å². The molecular formula is C17H28N2. The molecule has 1 unspecified atom stereocenters. The van der Waals surface area contributed by atoms with Crippen molar-refractivity contribution >= 4 is 0 Å². The van der Waals surface area contributed by atoms with Gasteiger partial charge in [0.1, 0.15) is 0 Å². The van der Waals surface area contributed by atoms with Gasteiger partial charge in [0.05, 0.1) is 0 Å². The minimum absolute atomic E-state index is 0.302. The molecule has 0 radical (unpaired) electrons. The lowest BCUT2D eigenvalue weighted by Gasteiger charge is -2.38. The largest absolute Gasteiger partial charge is 0.271 e. The number of aryl methyl sites for hydroxylation is 2. The molecule has 2 rings (SSSR count). The Kier molecular flexibility index (Phi) is 4.32. The molecular weight excluding hydrogens is 232 g/mol. The number of hydrogen-bond acceptors (Lipinski definition) is 2. The van der Waals surface area contributed by atoms with Crippen molar-refractivity contribution < 1.29 is 0 Å². The van der Waals surface area contributed by atoms with E-state index in [1.807, 2.05) is 0 Å². The lowest BCUT2D eigenvalue weighted by molar-refractivity contribution is 0.161. The Morgan fingerprint density at radius 3 is 2.42 bits per heavy atom. The molecule has 1 fully saturated rings. The Bertz CT molecular complexity index is 427. The van der Waals surface area contributed by atoms with Gasteiger partial charge in [-0.15, -0.1) is 0 Å². The molecule has 2 nitrogen and oxygen atoms in total. The predicted molar refractivity (Wildman–Crippen MR) is 81.7 cm³/mol. The van der Waals surface area contributed by atoms with Crippen LogP contribution in [0.15, 0.2) is 18.2 Å². The van der Waals surface area contributed by atoms with E-state index in [9.17, 15) is 0 Å². The van der Waals surface area contributed by atoms with Gasteiger partial charge in [-0.1, -0.05) is 37.6 Å². The lowest BCUT2D eigenvalue weighted by atomic mass is 9.70. The van der Waals surface area contributed by atoms with Crippen LogP contribution in [0.25, 0.3) is 0 Å². The van der Waals surface area contributed by atoms with Gasteiger partial charge in [0.2, 0.25) is 0 Å². The highest BCUT2D eigenvalue weighted by atomic mass is 15.2. The number of nitrogens with two attached hydrogens (primary N) is 1. The van der Waals surface area contributed by atoms with Crippen LogP contribution in [0.3, 0.4) is 0 Å². The minimum atomic E-state index is 0.302. The minimum Gasteiger partial charge on any atom is -0.271 e. The van der Waals surface area contributed by atoms with E-state index >= 15 is 0 Å². The molecule has 1 atom stereocenters. The SMILES string of the molecule is Cc1ccc(C)c(C(NN)C2CCC(C)(C)CC2)c1. The fourth-order valence-electron chi connectivity index (χ4n) is 3.33. The zero-order valence-corrected chi connectivity index (χ0v) is 12.8. The molecule has 0 bridgehead atoms. The molecule has 0 heterocycles. The van der Waals surface area contributed by atoms with Gasteiger partial charge >= 0.3 is 0 Å². The van der Waals surface area contributed by atoms with Crippen LogP contribution in [0.4, 0.5) is 0 Å². The maximum Gasteiger partial charge on any atom is 0.0490 e. The Balaban J connectivity index is 2.18. The van der Waals surface area contributed by atoms with E-state index in [2.05, 4.69) is 51.3 Å². The van der Waals surface area contributed by atoms with E-state index in [1.54, 1.807) is 0 Å². The van der Waals surface area contributed by atoms with Gasteiger partial charge in [-0.05, 0) is 62.0 Å². The normalized spacial score (nSPS) is 21.3. The maximum absolute atomic E-state index is 5.87. The molecule has 0 spiro atoms. The lowest BCUT2D eigenvalue weighted by Crippen LogP contribution is -2.37. The summed E-state index contributed by atoms with van der Waals surface area (Å²) in [6.45, 7) is 9.10. The van der Waals surface area contributed by atoms with E-state index in [1.165, 1.54) is 42.4 Å². The van der Waals surface area contributed by atoms with Crippen LogP contribution in [-0.4, -0.2) is 0 Å². The monoisotopic (exact) mass is 260 g/mol. The molecule has 2 heteroatoms. The molecule has 0 aliphatic heterocycles. The Hall–Kier alpha value is -0.860. The summed E-state index contributed by atoms with van der Waals surface area (Å²) in [6.07, 6.45) is 5.16. The zero-order chi connectivity index (χ0) is 14.0. The molecule has 3 N–H and O–H groups in total. The van der Waals surface area contributed by atoms with Gasteiger partial charge in [0.25, 0.3) is 0 Å². The molecule has 19 heavy (non-hydrogen) atoms. The summed E-state index contributed by atoms with van der Waals surface area (Å²) >= 11 is 0. The Labute approximate surface area is 117 Å². The first-order valence-electron chi connectivity index (χ1n) is 7.46. The molecule has 1 aromatic rings. The van der Waals surface area contributed by atoms with Gasteiger partial charge in [-0.25, -0.2) is 0 Å². The summed E-state index contributed by atoms with van der Waals surface area (Å²) in [6, 6.07) is 6.98. The quantitative estimate of drug-likeness (QED) is 0.636. The van der Waals surface area contributed by atoms with Crippen LogP contribution < -0.4 is 11.3 Å². The summed E-state index contributed by atoms with van der Waals surface area (Å²) in [7, 11) is 0. The van der Waals surface area contributed by atoms with Crippen LogP contribution in [0, 0.1) is 25.2 Å². The second-order valence-corrected chi connectivity index (χ2v) is 7.01. The van der Waals surface area contributed by atoms with Gasteiger partial charge in [0, 0.05) is 6.04 Å². The number of hydrazine groups is 1. The molecule has 0 aromatic heterocycles. The highest BCUT2D eigenvalue weighted by Crippen LogP contribution is 2.43. The van der Waals surface area contributed by atoms with Crippen LogP contribution in [0.2, 0.25) is 0 Å². The number of benzene rings is 1. The fraction of sp³-hybridized carbons (Fsp3) is 0.647. The average Bonchev–Trinajstić information content (AvgIpc) is 2.36. The molecule has 1 aromatic carbocycles. The van der Waals surface area contributed by atoms with Crippen molar-refractivity contribution in [1.82, 2.24) is 5.43 Å². The summed E-state index contributed by atoms with van der Waals surface area (Å²) < 4.78 is 0. The molecule has 1 saturated carbocycles. The van der Waals surface area contributed by atoms with Gasteiger partial charge in [0.15, 0.2) is 0 Å². The summed E-state index contributed by atoms with van der Waals surface area (Å²) in [5, 5.41) is 0. The van der Waals surface area contributed by atoms with Crippen molar-refractivity contribution in [3.05, 3.63) is 34.9 Å². The molecule has 1 aliphatic rings. The molecule has 0 amide bonds. The predicted octanol–water partition coefficient (Wildman–Crippen LogP) is 4.02. The third-order valence-electron chi connectivity index (χ3n) is 4.80. The second-order valence-electron chi connectivity index (χ2n) is 7.01. The molecule has 106 valence electrons. The fourth-order valence-corrected chi connectivity index (χ4v) is 3.33. The highest BCUT2D eigenvalue weighted by molar-refractivity contribution is 5.33. The Morgan fingerprint density at radius 2 is 1.84 bits per heavy atom. The van der Waals surface area contributed by atoms with Crippen molar-refractivity contribution in [1.29, 1.82) is 0 Å². The first-order valence-corrected chi connectivity index (χ1v) is 7.46. The zero-order valence-electron chi connectivity index (χ0n) is 12.8. The third kappa shape index (κ3) is 3.37. The number of hydrogen-bond donors (Lipinski definition) is 2. The van der Waals surface area contributed by atoms with Crippen LogP contribution >= 0.6 is 0 Å². The molecule has 1 aliphatic carbocycles. The summed E-state index contributed by atoms with van der Waals surface area (Å²) in [5.74, 6) is 6.54. The van der Waals surface area contributed by atoms with Crippen LogP contribution in [-0.2, 0) is 0 Å². The van der Waals surface area contributed by atoms with E-state index in [0.29, 0.717) is 17.4 Å². The maximum atomic E-state index is 5.87. The summed E-state index contributed by atoms with van der Waals surface area (Å²) in [5.41, 5.74) is 7.64. The third-order valence-corrected chi connectivity index (χ3v) is 4.80. The first-order chi connectivity index (χ1) is 8.93. The van der Waals surface area contributed by atoms with Crippen molar-refractivity contribution in [2.24, 2.45) is 17.2 Å². The van der Waals surface area contributed by atoms with E-state index in [4.69, 9.17) is 5.84 Å². The van der Waals surface area contributed by atoms with Crippen molar-refractivity contribution in [3.8, 4) is 0 Å². The van der Waals surface area contributed by atoms with Gasteiger partial charge in [-0.2, -0.15) is 0 Å². The van der Waals surface area contributed by atoms with E-state index in [0.717, 1.165) is 0 Å². The topological polar surface area (TPSA) is 38.0 Å². The standard InChI is InChI=1S/C17H28N2/c1-12-5-6-13(2)15(11-12)16(19-18)14-7-9-17(3,4)10-8-14/h5-6,11,14,16,19H,7-10,18H2,1-4H3. The molecule has 0 saturated heterocycles. The number of nitrogens with one attached hydrogen (secondary N) is 1. The average molecular weight is 260 g/mol. The van der Waals surface area contributed by atoms with Crippen molar-refractivity contribution in [2.45, 2.75) is 59.4 Å². The van der Waals surface area contributed by atoms with E-state index < -0.39 is 0 Å². The van der Waals surface area contributed by atoms with Gasteiger partial charge < -0.3 is 0 Å². The van der Waals surface area contributed by atoms with Crippen molar-refractivity contribution in [2.75, 3.05) is 0 Å². The highest BCUT2D eigenvalue weighted by Gasteiger charge is 2.32. The smallest absolute Gasteiger partial charge is 0.0490 e. The first kappa shape index (κ1) is 14.5. The Morgan fingerprint density at radius 1 is 1.21 bits per heavy atom.